The summed E-state index contributed by atoms with van der Waals surface area (Å²) in [6.07, 6.45) is 3.75. The third kappa shape index (κ3) is 2.52. The van der Waals surface area contributed by atoms with E-state index in [0.29, 0.717) is 0 Å². The van der Waals surface area contributed by atoms with E-state index in [1.807, 2.05) is 53.4 Å². The molecule has 2 heterocycles. The van der Waals surface area contributed by atoms with E-state index in [2.05, 4.69) is 16.4 Å². The van der Waals surface area contributed by atoms with E-state index in [1.54, 1.807) is 6.20 Å². The highest BCUT2D eigenvalue weighted by Crippen LogP contribution is 2.28. The van der Waals surface area contributed by atoms with Crippen LogP contribution in [0.15, 0.2) is 60.8 Å². The van der Waals surface area contributed by atoms with Gasteiger partial charge in [0.1, 0.15) is 0 Å². The molecule has 0 spiro atoms. The highest BCUT2D eigenvalue weighted by Gasteiger charge is 2.22. The van der Waals surface area contributed by atoms with Crippen molar-refractivity contribution in [2.45, 2.75) is 12.8 Å². The first-order valence-corrected chi connectivity index (χ1v) is 7.83. The summed E-state index contributed by atoms with van der Waals surface area (Å²) in [6, 6.07) is 17.7. The standard InChI is InChI=1S/C19H17N3O/c23-19(22-13-5-9-14-6-1-2-11-17(14)22)21-16-10-3-7-15-8-4-12-20-18(15)16/h1-4,6-8,10-12H,5,9,13H2,(H,21,23). The molecule has 2 aromatic carbocycles. The molecule has 1 N–H and O–H groups in total. The van der Waals surface area contributed by atoms with Crippen LogP contribution in [-0.2, 0) is 6.42 Å². The fraction of sp³-hybridized carbons (Fsp3) is 0.158. The molecule has 0 fully saturated rings. The number of nitrogens with one attached hydrogen (secondary N) is 1. The number of hydrogen-bond donors (Lipinski definition) is 1. The molecular weight excluding hydrogens is 286 g/mol. The van der Waals surface area contributed by atoms with Crippen molar-refractivity contribution in [3.8, 4) is 0 Å². The molecule has 4 rings (SSSR count). The number of pyridine rings is 1. The number of urea groups is 1. The van der Waals surface area contributed by atoms with Crippen LogP contribution in [0.4, 0.5) is 16.2 Å². The number of amides is 2. The zero-order valence-electron chi connectivity index (χ0n) is 12.7. The van der Waals surface area contributed by atoms with Crippen molar-refractivity contribution in [2.75, 3.05) is 16.8 Å². The lowest BCUT2D eigenvalue weighted by Crippen LogP contribution is -2.38. The predicted molar refractivity (Wildman–Crippen MR) is 92.9 cm³/mol. The minimum absolute atomic E-state index is 0.102. The molecule has 2 amide bonds. The molecule has 0 radical (unpaired) electrons. The van der Waals surface area contributed by atoms with Crippen LogP contribution in [0.5, 0.6) is 0 Å². The summed E-state index contributed by atoms with van der Waals surface area (Å²) in [6.45, 7) is 0.737. The van der Waals surface area contributed by atoms with Gasteiger partial charge in [-0.1, -0.05) is 36.4 Å². The monoisotopic (exact) mass is 303 g/mol. The molecule has 0 saturated heterocycles. The topological polar surface area (TPSA) is 45.2 Å². The number of aryl methyl sites for hydroxylation is 1. The number of carbonyl (C=O) groups is 1. The second-order valence-electron chi connectivity index (χ2n) is 5.69. The first-order valence-electron chi connectivity index (χ1n) is 7.83. The van der Waals surface area contributed by atoms with E-state index < -0.39 is 0 Å². The van der Waals surface area contributed by atoms with Crippen molar-refractivity contribution in [1.82, 2.24) is 4.98 Å². The largest absolute Gasteiger partial charge is 0.326 e. The lowest BCUT2D eigenvalue weighted by atomic mass is 10.0. The van der Waals surface area contributed by atoms with Crippen LogP contribution < -0.4 is 10.2 Å². The zero-order chi connectivity index (χ0) is 15.6. The number of benzene rings is 2. The van der Waals surface area contributed by atoms with Crippen molar-refractivity contribution < 1.29 is 4.79 Å². The van der Waals surface area contributed by atoms with E-state index in [4.69, 9.17) is 0 Å². The number of para-hydroxylation sites is 2. The smallest absolute Gasteiger partial charge is 0.305 e. The van der Waals surface area contributed by atoms with Crippen molar-refractivity contribution in [2.24, 2.45) is 0 Å². The van der Waals surface area contributed by atoms with Gasteiger partial charge in [-0.05, 0) is 36.6 Å². The van der Waals surface area contributed by atoms with E-state index in [9.17, 15) is 4.79 Å². The molecule has 0 aliphatic carbocycles. The molecule has 0 unspecified atom stereocenters. The highest BCUT2D eigenvalue weighted by molar-refractivity contribution is 6.06. The number of fused-ring (bicyclic) bond motifs is 2. The van der Waals surface area contributed by atoms with Crippen molar-refractivity contribution in [3.05, 3.63) is 66.4 Å². The van der Waals surface area contributed by atoms with Crippen molar-refractivity contribution in [3.63, 3.8) is 0 Å². The Bertz CT molecular complexity index is 870. The minimum atomic E-state index is -0.102. The average Bonchev–Trinajstić information content (AvgIpc) is 2.61. The summed E-state index contributed by atoms with van der Waals surface area (Å²) >= 11 is 0. The molecule has 0 saturated carbocycles. The molecule has 23 heavy (non-hydrogen) atoms. The van der Waals surface area contributed by atoms with Crippen molar-refractivity contribution >= 4 is 28.3 Å². The van der Waals surface area contributed by atoms with Gasteiger partial charge in [0.2, 0.25) is 0 Å². The fourth-order valence-electron chi connectivity index (χ4n) is 3.13. The Morgan fingerprint density at radius 2 is 1.91 bits per heavy atom. The van der Waals surface area contributed by atoms with Gasteiger partial charge < -0.3 is 5.32 Å². The van der Waals surface area contributed by atoms with E-state index in [1.165, 1.54) is 5.56 Å². The molecule has 4 heteroatoms. The summed E-state index contributed by atoms with van der Waals surface area (Å²) in [5.74, 6) is 0. The maximum Gasteiger partial charge on any atom is 0.326 e. The van der Waals surface area contributed by atoms with Crippen LogP contribution in [0.25, 0.3) is 10.9 Å². The number of hydrogen-bond acceptors (Lipinski definition) is 2. The average molecular weight is 303 g/mol. The first-order chi connectivity index (χ1) is 11.3. The van der Waals surface area contributed by atoms with Gasteiger partial charge in [-0.15, -0.1) is 0 Å². The van der Waals surface area contributed by atoms with Crippen LogP contribution >= 0.6 is 0 Å². The second-order valence-corrected chi connectivity index (χ2v) is 5.69. The van der Waals surface area contributed by atoms with Gasteiger partial charge in [-0.3, -0.25) is 9.88 Å². The summed E-state index contributed by atoms with van der Waals surface area (Å²) in [4.78, 5) is 19.0. The Balaban J connectivity index is 1.66. The molecular formula is C19H17N3O. The SMILES string of the molecule is O=C(Nc1cccc2cccnc12)N1CCCc2ccccc21. The summed E-state index contributed by atoms with van der Waals surface area (Å²) in [7, 11) is 0. The normalized spacial score (nSPS) is 13.7. The minimum Gasteiger partial charge on any atom is -0.305 e. The second kappa shape index (κ2) is 5.72. The quantitative estimate of drug-likeness (QED) is 0.731. The van der Waals surface area contributed by atoms with Gasteiger partial charge in [-0.2, -0.15) is 0 Å². The van der Waals surface area contributed by atoms with Gasteiger partial charge in [0.05, 0.1) is 11.2 Å². The number of rotatable bonds is 1. The Morgan fingerprint density at radius 1 is 1.04 bits per heavy atom. The Kier molecular flexibility index (Phi) is 3.42. The molecule has 0 bridgehead atoms. The van der Waals surface area contributed by atoms with Crippen molar-refractivity contribution in [1.29, 1.82) is 0 Å². The maximum atomic E-state index is 12.8. The lowest BCUT2D eigenvalue weighted by Gasteiger charge is -2.29. The third-order valence-corrected chi connectivity index (χ3v) is 4.23. The highest BCUT2D eigenvalue weighted by atomic mass is 16.2. The fourth-order valence-corrected chi connectivity index (χ4v) is 3.13. The number of carbonyl (C=O) groups excluding carboxylic acids is 1. The summed E-state index contributed by atoms with van der Waals surface area (Å²) in [5, 5.41) is 4.04. The van der Waals surface area contributed by atoms with E-state index in [0.717, 1.165) is 41.7 Å². The summed E-state index contributed by atoms with van der Waals surface area (Å²) in [5.41, 5.74) is 3.79. The number of aromatic nitrogens is 1. The molecule has 1 aliphatic heterocycles. The predicted octanol–water partition coefficient (Wildman–Crippen LogP) is 4.22. The lowest BCUT2D eigenvalue weighted by molar-refractivity contribution is 0.256. The van der Waals surface area contributed by atoms with E-state index >= 15 is 0 Å². The van der Waals surface area contributed by atoms with E-state index in [-0.39, 0.29) is 6.03 Å². The number of anilines is 2. The van der Waals surface area contributed by atoms with Crippen LogP contribution in [0.1, 0.15) is 12.0 Å². The third-order valence-electron chi connectivity index (χ3n) is 4.23. The maximum absolute atomic E-state index is 12.8. The molecule has 1 aromatic heterocycles. The Morgan fingerprint density at radius 3 is 2.87 bits per heavy atom. The zero-order valence-corrected chi connectivity index (χ0v) is 12.7. The van der Waals surface area contributed by atoms with Gasteiger partial charge in [0, 0.05) is 23.8 Å². The van der Waals surface area contributed by atoms with Gasteiger partial charge in [0.15, 0.2) is 0 Å². The first kappa shape index (κ1) is 13.8. The van der Waals surface area contributed by atoms with Crippen LogP contribution in [0.3, 0.4) is 0 Å². The van der Waals surface area contributed by atoms with Crippen LogP contribution in [-0.4, -0.2) is 17.6 Å². The summed E-state index contributed by atoms with van der Waals surface area (Å²) < 4.78 is 0. The molecule has 3 aromatic rings. The molecule has 1 aliphatic rings. The number of nitrogens with zero attached hydrogens (tertiary/aromatic N) is 2. The molecule has 4 nitrogen and oxygen atoms in total. The molecule has 114 valence electrons. The Hall–Kier alpha value is -2.88. The van der Waals surface area contributed by atoms with Crippen LogP contribution in [0, 0.1) is 0 Å². The Labute approximate surface area is 134 Å². The van der Waals surface area contributed by atoms with Gasteiger partial charge in [0.25, 0.3) is 0 Å². The van der Waals surface area contributed by atoms with Gasteiger partial charge >= 0.3 is 6.03 Å². The molecule has 0 atom stereocenters. The van der Waals surface area contributed by atoms with Gasteiger partial charge in [-0.25, -0.2) is 4.79 Å². The van der Waals surface area contributed by atoms with Crippen LogP contribution in [0.2, 0.25) is 0 Å².